The third kappa shape index (κ3) is 4.29. The highest BCUT2D eigenvalue weighted by molar-refractivity contribution is 9.10. The lowest BCUT2D eigenvalue weighted by Gasteiger charge is -2.15. The number of hydrogen-bond donors (Lipinski definition) is 2. The molecule has 0 aliphatic carbocycles. The van der Waals surface area contributed by atoms with Gasteiger partial charge in [0.2, 0.25) is 0 Å². The molecule has 4 heteroatoms. The van der Waals surface area contributed by atoms with Crippen LogP contribution in [0, 0.1) is 0 Å². The van der Waals surface area contributed by atoms with Crippen LogP contribution in [-0.2, 0) is 12.8 Å². The Balaban J connectivity index is 2.12. The van der Waals surface area contributed by atoms with Gasteiger partial charge in [-0.1, -0.05) is 48.0 Å². The van der Waals surface area contributed by atoms with Crippen LogP contribution in [0.15, 0.2) is 46.9 Å². The predicted octanol–water partition coefficient (Wildman–Crippen LogP) is 5.38. The lowest BCUT2D eigenvalue weighted by molar-refractivity contribution is 1.14. The topological polar surface area (TPSA) is 24.1 Å². The van der Waals surface area contributed by atoms with Gasteiger partial charge in [-0.3, -0.25) is 0 Å². The van der Waals surface area contributed by atoms with Crippen LogP contribution < -0.4 is 10.6 Å². The third-order valence-corrected chi connectivity index (χ3v) is 4.04. The molecule has 0 unspecified atom stereocenters. The molecule has 2 rings (SSSR count). The number of aryl methyl sites for hydroxylation is 2. The normalized spacial score (nSPS) is 10.2. The van der Waals surface area contributed by atoms with Crippen molar-refractivity contribution >= 4 is 44.6 Å². The molecule has 0 atom stereocenters. The Morgan fingerprint density at radius 1 is 0.952 bits per heavy atom. The van der Waals surface area contributed by atoms with E-state index >= 15 is 0 Å². The maximum Gasteiger partial charge on any atom is 0.175 e. The Bertz CT molecular complexity index is 640. The zero-order valence-electron chi connectivity index (χ0n) is 12.2. The van der Waals surface area contributed by atoms with Gasteiger partial charge in [0.1, 0.15) is 0 Å². The van der Waals surface area contributed by atoms with Gasteiger partial charge in [-0.2, -0.15) is 0 Å². The van der Waals surface area contributed by atoms with Crippen LogP contribution in [0.25, 0.3) is 0 Å². The van der Waals surface area contributed by atoms with Crippen molar-refractivity contribution in [2.75, 3.05) is 10.6 Å². The van der Waals surface area contributed by atoms with E-state index in [1.165, 1.54) is 11.1 Å². The minimum Gasteiger partial charge on any atom is -0.332 e. The molecule has 2 N–H and O–H groups in total. The van der Waals surface area contributed by atoms with Gasteiger partial charge in [0.15, 0.2) is 5.11 Å². The molecule has 110 valence electrons. The summed E-state index contributed by atoms with van der Waals surface area (Å²) in [6.45, 7) is 4.27. The van der Waals surface area contributed by atoms with E-state index in [9.17, 15) is 0 Å². The smallest absolute Gasteiger partial charge is 0.175 e. The third-order valence-electron chi connectivity index (χ3n) is 3.34. The van der Waals surface area contributed by atoms with Crippen LogP contribution in [-0.4, -0.2) is 5.11 Å². The number of nitrogens with one attached hydrogen (secondary N) is 2. The van der Waals surface area contributed by atoms with E-state index in [0.29, 0.717) is 5.11 Å². The Labute approximate surface area is 140 Å². The molecule has 21 heavy (non-hydrogen) atoms. The zero-order valence-corrected chi connectivity index (χ0v) is 14.6. The first-order valence-corrected chi connectivity index (χ1v) is 8.28. The SMILES string of the molecule is CCc1ccccc1NC(=S)Nc1ccc(Br)cc1CC. The van der Waals surface area contributed by atoms with Gasteiger partial charge < -0.3 is 10.6 Å². The Kier molecular flexibility index (Phi) is 5.76. The molecule has 0 amide bonds. The number of para-hydroxylation sites is 1. The summed E-state index contributed by atoms with van der Waals surface area (Å²) in [5.74, 6) is 0. The van der Waals surface area contributed by atoms with Gasteiger partial charge in [0.05, 0.1) is 0 Å². The van der Waals surface area contributed by atoms with Crippen molar-refractivity contribution in [2.45, 2.75) is 26.7 Å². The predicted molar refractivity (Wildman–Crippen MR) is 99.2 cm³/mol. The molecule has 0 saturated heterocycles. The van der Waals surface area contributed by atoms with Gasteiger partial charge >= 0.3 is 0 Å². The van der Waals surface area contributed by atoms with Gasteiger partial charge in [0.25, 0.3) is 0 Å². The fourth-order valence-electron chi connectivity index (χ4n) is 2.20. The molecule has 0 heterocycles. The summed E-state index contributed by atoms with van der Waals surface area (Å²) in [7, 11) is 0. The lowest BCUT2D eigenvalue weighted by atomic mass is 10.1. The number of benzene rings is 2. The molecule has 0 radical (unpaired) electrons. The van der Waals surface area contributed by atoms with E-state index in [1.807, 2.05) is 24.3 Å². The molecule has 0 aliphatic heterocycles. The molecule has 0 aliphatic rings. The van der Waals surface area contributed by atoms with Gasteiger partial charge in [0, 0.05) is 15.8 Å². The highest BCUT2D eigenvalue weighted by Crippen LogP contribution is 2.22. The van der Waals surface area contributed by atoms with Crippen molar-refractivity contribution in [3.05, 3.63) is 58.1 Å². The first kappa shape index (κ1) is 16.0. The minimum atomic E-state index is 0.618. The first-order chi connectivity index (χ1) is 10.1. The molecule has 0 bridgehead atoms. The van der Waals surface area contributed by atoms with E-state index in [1.54, 1.807) is 0 Å². The van der Waals surface area contributed by atoms with E-state index in [0.717, 1.165) is 28.7 Å². The van der Waals surface area contributed by atoms with Crippen LogP contribution in [0.5, 0.6) is 0 Å². The van der Waals surface area contributed by atoms with Gasteiger partial charge in [-0.15, -0.1) is 0 Å². The summed E-state index contributed by atoms with van der Waals surface area (Å²) in [5.41, 5.74) is 4.60. The van der Waals surface area contributed by atoms with Crippen LogP contribution in [0.1, 0.15) is 25.0 Å². The monoisotopic (exact) mass is 362 g/mol. The molecule has 0 saturated carbocycles. The minimum absolute atomic E-state index is 0.618. The maximum absolute atomic E-state index is 5.43. The fraction of sp³-hybridized carbons (Fsp3) is 0.235. The summed E-state index contributed by atoms with van der Waals surface area (Å²) in [5, 5.41) is 7.19. The average Bonchev–Trinajstić information content (AvgIpc) is 2.49. The van der Waals surface area contributed by atoms with Crippen LogP contribution in [0.3, 0.4) is 0 Å². The van der Waals surface area contributed by atoms with Crippen molar-refractivity contribution in [1.29, 1.82) is 0 Å². The van der Waals surface area contributed by atoms with Gasteiger partial charge in [-0.05, 0) is 60.5 Å². The van der Waals surface area contributed by atoms with E-state index in [-0.39, 0.29) is 0 Å². The first-order valence-electron chi connectivity index (χ1n) is 7.08. The van der Waals surface area contributed by atoms with Crippen molar-refractivity contribution in [3.8, 4) is 0 Å². The number of anilines is 2. The highest BCUT2D eigenvalue weighted by atomic mass is 79.9. The van der Waals surface area contributed by atoms with Crippen molar-refractivity contribution in [1.82, 2.24) is 0 Å². The number of hydrogen-bond acceptors (Lipinski definition) is 1. The Morgan fingerprint density at radius 3 is 2.24 bits per heavy atom. The summed E-state index contributed by atoms with van der Waals surface area (Å²) >= 11 is 8.93. The molecule has 0 aromatic heterocycles. The molecule has 0 fully saturated rings. The van der Waals surface area contributed by atoms with Crippen molar-refractivity contribution in [3.63, 3.8) is 0 Å². The Hall–Kier alpha value is -1.39. The molecule has 2 aromatic carbocycles. The molecule has 2 nitrogen and oxygen atoms in total. The summed E-state index contributed by atoms with van der Waals surface area (Å²) in [6.07, 6.45) is 1.93. The van der Waals surface area contributed by atoms with Crippen molar-refractivity contribution in [2.24, 2.45) is 0 Å². The summed E-state index contributed by atoms with van der Waals surface area (Å²) in [4.78, 5) is 0. The fourth-order valence-corrected chi connectivity index (χ4v) is 2.83. The second-order valence-corrected chi connectivity index (χ2v) is 6.07. The van der Waals surface area contributed by atoms with Crippen LogP contribution in [0.4, 0.5) is 11.4 Å². The van der Waals surface area contributed by atoms with Gasteiger partial charge in [-0.25, -0.2) is 0 Å². The van der Waals surface area contributed by atoms with Crippen LogP contribution >= 0.6 is 28.1 Å². The number of halogens is 1. The molecular formula is C17H19BrN2S. The van der Waals surface area contributed by atoms with E-state index in [4.69, 9.17) is 12.2 Å². The van der Waals surface area contributed by atoms with E-state index < -0.39 is 0 Å². The molecule has 2 aromatic rings. The maximum atomic E-state index is 5.43. The highest BCUT2D eigenvalue weighted by Gasteiger charge is 2.06. The quantitative estimate of drug-likeness (QED) is 0.713. The van der Waals surface area contributed by atoms with Crippen LogP contribution in [0.2, 0.25) is 0 Å². The Morgan fingerprint density at radius 2 is 1.57 bits per heavy atom. The lowest BCUT2D eigenvalue weighted by Crippen LogP contribution is -2.20. The number of thiocarbonyl (C=S) groups is 1. The summed E-state index contributed by atoms with van der Waals surface area (Å²) < 4.78 is 1.08. The largest absolute Gasteiger partial charge is 0.332 e. The summed E-state index contributed by atoms with van der Waals surface area (Å²) in [6, 6.07) is 14.4. The zero-order chi connectivity index (χ0) is 15.2. The second kappa shape index (κ2) is 7.57. The second-order valence-electron chi connectivity index (χ2n) is 4.74. The van der Waals surface area contributed by atoms with E-state index in [2.05, 4.69) is 58.6 Å². The average molecular weight is 363 g/mol. The number of rotatable bonds is 4. The van der Waals surface area contributed by atoms with Crippen molar-refractivity contribution < 1.29 is 0 Å². The standard InChI is InChI=1S/C17H19BrN2S/c1-3-12-7-5-6-8-15(12)19-17(21)20-16-10-9-14(18)11-13(16)4-2/h5-11H,3-4H2,1-2H3,(H2,19,20,21). The molecular weight excluding hydrogens is 344 g/mol. The molecule has 0 spiro atoms.